The number of hydrogen-bond acceptors (Lipinski definition) is 3. The van der Waals surface area contributed by atoms with Crippen LogP contribution in [0.15, 0.2) is 0 Å². The quantitative estimate of drug-likeness (QED) is 0.605. The van der Waals surface area contributed by atoms with Crippen LogP contribution in [0.4, 0.5) is 0 Å². The molecule has 1 amide bonds. The Kier molecular flexibility index (Phi) is 7.29. The molecule has 0 saturated carbocycles. The third-order valence-corrected chi connectivity index (χ3v) is 2.17. The first-order chi connectivity index (χ1) is 5.66. The summed E-state index contributed by atoms with van der Waals surface area (Å²) in [4.78, 5) is 11.0. The smallest absolute Gasteiger partial charge is 0.230 e. The van der Waals surface area contributed by atoms with Gasteiger partial charge in [0, 0.05) is 12.6 Å². The number of aliphatic hydroxyl groups is 1. The van der Waals surface area contributed by atoms with Crippen molar-refractivity contribution >= 4 is 17.7 Å². The van der Waals surface area contributed by atoms with Gasteiger partial charge in [-0.15, -0.1) is 0 Å². The fourth-order valence-corrected chi connectivity index (χ4v) is 1.44. The Bertz CT molecular complexity index is 128. The van der Waals surface area contributed by atoms with Crippen molar-refractivity contribution in [2.24, 2.45) is 0 Å². The number of amides is 1. The first-order valence-electron chi connectivity index (χ1n) is 4.14. The molecule has 12 heavy (non-hydrogen) atoms. The van der Waals surface area contributed by atoms with Crippen LogP contribution in [-0.2, 0) is 4.79 Å². The minimum atomic E-state index is 0.0768. The molecule has 0 bridgehead atoms. The first kappa shape index (κ1) is 11.8. The van der Waals surface area contributed by atoms with E-state index in [9.17, 15) is 4.79 Å². The highest BCUT2D eigenvalue weighted by Crippen LogP contribution is 2.00. The number of nitrogens with one attached hydrogen (secondary N) is 1. The molecule has 0 heterocycles. The molecule has 0 aromatic heterocycles. The molecule has 0 radical (unpaired) electrons. The SMILES string of the molecule is CC(C)NC(=O)CSCCCO. The van der Waals surface area contributed by atoms with Gasteiger partial charge in [-0.25, -0.2) is 0 Å². The van der Waals surface area contributed by atoms with Gasteiger partial charge in [0.2, 0.25) is 5.91 Å². The predicted molar refractivity (Wildman–Crippen MR) is 52.3 cm³/mol. The highest BCUT2D eigenvalue weighted by molar-refractivity contribution is 7.99. The zero-order chi connectivity index (χ0) is 9.40. The Morgan fingerprint density at radius 3 is 2.75 bits per heavy atom. The zero-order valence-corrected chi connectivity index (χ0v) is 8.49. The molecular weight excluding hydrogens is 174 g/mol. The average Bonchev–Trinajstić information content (AvgIpc) is 1.97. The summed E-state index contributed by atoms with van der Waals surface area (Å²) in [5.41, 5.74) is 0. The van der Waals surface area contributed by atoms with Gasteiger partial charge >= 0.3 is 0 Å². The van der Waals surface area contributed by atoms with E-state index >= 15 is 0 Å². The zero-order valence-electron chi connectivity index (χ0n) is 7.67. The largest absolute Gasteiger partial charge is 0.396 e. The Hall–Kier alpha value is -0.220. The highest BCUT2D eigenvalue weighted by atomic mass is 32.2. The minimum Gasteiger partial charge on any atom is -0.396 e. The van der Waals surface area contributed by atoms with E-state index in [1.807, 2.05) is 13.8 Å². The monoisotopic (exact) mass is 191 g/mol. The molecule has 0 aromatic carbocycles. The van der Waals surface area contributed by atoms with Crippen molar-refractivity contribution in [2.75, 3.05) is 18.1 Å². The Balaban J connectivity index is 3.20. The van der Waals surface area contributed by atoms with Gasteiger partial charge in [-0.2, -0.15) is 11.8 Å². The summed E-state index contributed by atoms with van der Waals surface area (Å²) in [6.45, 7) is 4.09. The fraction of sp³-hybridized carbons (Fsp3) is 0.875. The van der Waals surface area contributed by atoms with Gasteiger partial charge < -0.3 is 10.4 Å². The van der Waals surface area contributed by atoms with Gasteiger partial charge in [0.1, 0.15) is 0 Å². The number of rotatable bonds is 6. The van der Waals surface area contributed by atoms with Crippen molar-refractivity contribution in [1.82, 2.24) is 5.32 Å². The van der Waals surface area contributed by atoms with Crippen molar-refractivity contribution in [2.45, 2.75) is 26.3 Å². The van der Waals surface area contributed by atoms with Gasteiger partial charge in [-0.05, 0) is 26.0 Å². The van der Waals surface area contributed by atoms with Crippen LogP contribution in [-0.4, -0.2) is 35.2 Å². The van der Waals surface area contributed by atoms with E-state index in [-0.39, 0.29) is 18.6 Å². The lowest BCUT2D eigenvalue weighted by molar-refractivity contribution is -0.119. The van der Waals surface area contributed by atoms with Crippen LogP contribution in [0.3, 0.4) is 0 Å². The molecule has 0 aliphatic heterocycles. The summed E-state index contributed by atoms with van der Waals surface area (Å²) < 4.78 is 0. The summed E-state index contributed by atoms with van der Waals surface area (Å²) in [7, 11) is 0. The summed E-state index contributed by atoms with van der Waals surface area (Å²) in [5.74, 6) is 1.42. The number of carbonyl (C=O) groups excluding carboxylic acids is 1. The summed E-state index contributed by atoms with van der Waals surface area (Å²) in [6, 6.07) is 0.218. The van der Waals surface area contributed by atoms with E-state index in [1.165, 1.54) is 0 Å². The van der Waals surface area contributed by atoms with Crippen LogP contribution in [0, 0.1) is 0 Å². The number of aliphatic hydroxyl groups excluding tert-OH is 1. The minimum absolute atomic E-state index is 0.0768. The van der Waals surface area contributed by atoms with Crippen molar-refractivity contribution in [3.05, 3.63) is 0 Å². The van der Waals surface area contributed by atoms with Crippen molar-refractivity contribution in [1.29, 1.82) is 0 Å². The molecule has 3 nitrogen and oxygen atoms in total. The van der Waals surface area contributed by atoms with E-state index < -0.39 is 0 Å². The van der Waals surface area contributed by atoms with Crippen LogP contribution in [0.2, 0.25) is 0 Å². The summed E-state index contributed by atoms with van der Waals surface area (Å²) >= 11 is 1.56. The maximum Gasteiger partial charge on any atom is 0.230 e. The number of hydrogen-bond donors (Lipinski definition) is 2. The van der Waals surface area contributed by atoms with E-state index in [0.717, 1.165) is 12.2 Å². The fourth-order valence-electron chi connectivity index (χ4n) is 0.695. The Labute approximate surface area is 77.9 Å². The molecule has 0 saturated heterocycles. The predicted octanol–water partition coefficient (Wildman–Crippen LogP) is 0.627. The van der Waals surface area contributed by atoms with Crippen LogP contribution >= 0.6 is 11.8 Å². The molecule has 72 valence electrons. The standard InChI is InChI=1S/C8H17NO2S/c1-7(2)9-8(11)6-12-5-3-4-10/h7,10H,3-6H2,1-2H3,(H,9,11). The van der Waals surface area contributed by atoms with Gasteiger partial charge in [0.25, 0.3) is 0 Å². The normalized spacial score (nSPS) is 10.3. The molecule has 0 unspecified atom stereocenters. The van der Waals surface area contributed by atoms with Crippen LogP contribution in [0.25, 0.3) is 0 Å². The van der Waals surface area contributed by atoms with Gasteiger partial charge in [0.15, 0.2) is 0 Å². The number of carbonyl (C=O) groups is 1. The summed E-state index contributed by atoms with van der Waals surface area (Å²) in [5, 5.41) is 11.3. The lowest BCUT2D eigenvalue weighted by Crippen LogP contribution is -2.31. The lowest BCUT2D eigenvalue weighted by atomic mass is 10.4. The molecule has 0 rings (SSSR count). The molecule has 0 atom stereocenters. The molecule has 2 N–H and O–H groups in total. The van der Waals surface area contributed by atoms with Crippen molar-refractivity contribution in [3.8, 4) is 0 Å². The molecular formula is C8H17NO2S. The van der Waals surface area contributed by atoms with E-state index in [1.54, 1.807) is 11.8 Å². The van der Waals surface area contributed by atoms with E-state index in [2.05, 4.69) is 5.32 Å². The maximum absolute atomic E-state index is 11.0. The van der Waals surface area contributed by atoms with Gasteiger partial charge in [-0.1, -0.05) is 0 Å². The van der Waals surface area contributed by atoms with Crippen molar-refractivity contribution in [3.63, 3.8) is 0 Å². The number of thioether (sulfide) groups is 1. The van der Waals surface area contributed by atoms with E-state index in [4.69, 9.17) is 5.11 Å². The Morgan fingerprint density at radius 2 is 2.25 bits per heavy atom. The van der Waals surface area contributed by atoms with Crippen LogP contribution in [0.1, 0.15) is 20.3 Å². The third kappa shape index (κ3) is 7.88. The molecule has 0 aliphatic carbocycles. The third-order valence-electron chi connectivity index (χ3n) is 1.13. The second-order valence-electron chi connectivity index (χ2n) is 2.85. The molecule has 0 aromatic rings. The highest BCUT2D eigenvalue weighted by Gasteiger charge is 2.01. The Morgan fingerprint density at radius 1 is 1.58 bits per heavy atom. The lowest BCUT2D eigenvalue weighted by Gasteiger charge is -2.07. The average molecular weight is 191 g/mol. The topological polar surface area (TPSA) is 49.3 Å². The second-order valence-corrected chi connectivity index (χ2v) is 3.96. The maximum atomic E-state index is 11.0. The second kappa shape index (κ2) is 7.43. The van der Waals surface area contributed by atoms with E-state index in [0.29, 0.717) is 5.75 Å². The molecule has 0 fully saturated rings. The van der Waals surface area contributed by atoms with Gasteiger partial charge in [-0.3, -0.25) is 4.79 Å². The van der Waals surface area contributed by atoms with Crippen LogP contribution < -0.4 is 5.32 Å². The van der Waals surface area contributed by atoms with Crippen LogP contribution in [0.5, 0.6) is 0 Å². The molecule has 0 aliphatic rings. The van der Waals surface area contributed by atoms with Crippen molar-refractivity contribution < 1.29 is 9.90 Å². The summed E-state index contributed by atoms with van der Waals surface area (Å²) in [6.07, 6.45) is 0.764. The first-order valence-corrected chi connectivity index (χ1v) is 5.30. The van der Waals surface area contributed by atoms with Gasteiger partial charge in [0.05, 0.1) is 5.75 Å². The molecule has 0 spiro atoms. The molecule has 4 heteroatoms.